The van der Waals surface area contributed by atoms with Crippen LogP contribution in [0.15, 0.2) is 0 Å². The molecule has 0 aromatic rings. The fourth-order valence-electron chi connectivity index (χ4n) is 2.56. The zero-order valence-corrected chi connectivity index (χ0v) is 8.91. The molecule has 1 heterocycles. The Morgan fingerprint density at radius 2 is 2.07 bits per heavy atom. The molecule has 1 saturated heterocycles. The maximum atomic E-state index is 8.89. The van der Waals surface area contributed by atoms with Crippen LogP contribution in [0.5, 0.6) is 0 Å². The molecular weight excluding hydrogens is 176 g/mol. The summed E-state index contributed by atoms with van der Waals surface area (Å²) in [4.78, 5) is 2.64. The van der Waals surface area contributed by atoms with E-state index in [1.165, 1.54) is 32.2 Å². The molecule has 3 heteroatoms. The Morgan fingerprint density at radius 3 is 2.57 bits per heavy atom. The molecule has 1 saturated carbocycles. The number of hydrogen-bond donors (Lipinski definition) is 2. The highest BCUT2D eigenvalue weighted by Gasteiger charge is 2.31. The molecule has 0 aromatic heterocycles. The van der Waals surface area contributed by atoms with Gasteiger partial charge in [0.1, 0.15) is 0 Å². The largest absolute Gasteiger partial charge is 0.396 e. The molecule has 3 nitrogen and oxygen atoms in total. The van der Waals surface area contributed by atoms with Crippen molar-refractivity contribution in [2.24, 2.45) is 0 Å². The lowest BCUT2D eigenvalue weighted by Gasteiger charge is -2.41. The van der Waals surface area contributed by atoms with Gasteiger partial charge in [0.2, 0.25) is 0 Å². The summed E-state index contributed by atoms with van der Waals surface area (Å²) >= 11 is 0. The highest BCUT2D eigenvalue weighted by atomic mass is 16.3. The fourth-order valence-corrected chi connectivity index (χ4v) is 2.56. The Hall–Kier alpha value is -0.120. The van der Waals surface area contributed by atoms with Gasteiger partial charge in [0.05, 0.1) is 0 Å². The van der Waals surface area contributed by atoms with E-state index in [-0.39, 0.29) is 0 Å². The number of rotatable bonds is 5. The van der Waals surface area contributed by atoms with Crippen molar-refractivity contribution < 1.29 is 5.11 Å². The van der Waals surface area contributed by atoms with E-state index in [0.717, 1.165) is 31.6 Å². The van der Waals surface area contributed by atoms with Crippen LogP contribution in [0.4, 0.5) is 0 Å². The molecule has 2 N–H and O–H groups in total. The van der Waals surface area contributed by atoms with E-state index in [1.54, 1.807) is 0 Å². The Bertz CT molecular complexity index is 165. The van der Waals surface area contributed by atoms with Gasteiger partial charge in [0.25, 0.3) is 0 Å². The zero-order valence-electron chi connectivity index (χ0n) is 8.91. The molecule has 2 aliphatic rings. The van der Waals surface area contributed by atoms with Crippen LogP contribution in [-0.2, 0) is 0 Å². The molecule has 14 heavy (non-hydrogen) atoms. The average Bonchev–Trinajstić information content (AvgIpc) is 2.61. The molecule has 0 aromatic carbocycles. The summed E-state index contributed by atoms with van der Waals surface area (Å²) in [6.45, 7) is 3.76. The van der Waals surface area contributed by atoms with Crippen molar-refractivity contribution in [3.8, 4) is 0 Å². The van der Waals surface area contributed by atoms with Crippen molar-refractivity contribution in [3.05, 3.63) is 0 Å². The van der Waals surface area contributed by atoms with E-state index in [2.05, 4.69) is 10.2 Å². The van der Waals surface area contributed by atoms with Crippen LogP contribution < -0.4 is 5.32 Å². The Morgan fingerprint density at radius 1 is 1.21 bits per heavy atom. The van der Waals surface area contributed by atoms with Gasteiger partial charge in [0, 0.05) is 31.8 Å². The summed E-state index contributed by atoms with van der Waals surface area (Å²) in [6, 6.07) is 1.57. The van der Waals surface area contributed by atoms with Gasteiger partial charge in [-0.15, -0.1) is 0 Å². The van der Waals surface area contributed by atoms with Gasteiger partial charge < -0.3 is 10.4 Å². The van der Waals surface area contributed by atoms with E-state index in [1.807, 2.05) is 0 Å². The molecule has 1 atom stereocenters. The highest BCUT2D eigenvalue weighted by molar-refractivity contribution is 4.88. The molecule has 1 unspecified atom stereocenters. The molecule has 0 amide bonds. The van der Waals surface area contributed by atoms with Crippen LogP contribution in [-0.4, -0.2) is 48.3 Å². The molecule has 1 aliphatic carbocycles. The lowest BCUT2D eigenvalue weighted by Crippen LogP contribution is -2.48. The molecule has 0 bridgehead atoms. The quantitative estimate of drug-likeness (QED) is 0.678. The topological polar surface area (TPSA) is 35.5 Å². The van der Waals surface area contributed by atoms with Crippen LogP contribution in [0.25, 0.3) is 0 Å². The lowest BCUT2D eigenvalue weighted by molar-refractivity contribution is 0.0793. The third-order valence-corrected chi connectivity index (χ3v) is 3.62. The first kappa shape index (κ1) is 10.4. The van der Waals surface area contributed by atoms with E-state index >= 15 is 0 Å². The van der Waals surface area contributed by atoms with Crippen LogP contribution in [0, 0.1) is 0 Å². The van der Waals surface area contributed by atoms with Crippen LogP contribution in [0.3, 0.4) is 0 Å². The molecule has 0 radical (unpaired) electrons. The Balaban J connectivity index is 1.83. The normalized spacial score (nSPS) is 28.3. The number of hydrogen-bond acceptors (Lipinski definition) is 3. The van der Waals surface area contributed by atoms with Gasteiger partial charge in [0.15, 0.2) is 0 Å². The second kappa shape index (κ2) is 5.10. The molecule has 82 valence electrons. The average molecular weight is 198 g/mol. The summed E-state index contributed by atoms with van der Waals surface area (Å²) in [5.74, 6) is 0. The lowest BCUT2D eigenvalue weighted by atomic mass is 9.90. The van der Waals surface area contributed by atoms with Gasteiger partial charge in [-0.2, -0.15) is 0 Å². The van der Waals surface area contributed by atoms with Crippen LogP contribution in [0.2, 0.25) is 0 Å². The minimum Gasteiger partial charge on any atom is -0.396 e. The van der Waals surface area contributed by atoms with Gasteiger partial charge in [-0.3, -0.25) is 4.90 Å². The van der Waals surface area contributed by atoms with Gasteiger partial charge in [-0.05, 0) is 32.2 Å². The summed E-state index contributed by atoms with van der Waals surface area (Å²) < 4.78 is 0. The first-order valence-corrected chi connectivity index (χ1v) is 5.99. The van der Waals surface area contributed by atoms with E-state index in [9.17, 15) is 0 Å². The third-order valence-electron chi connectivity index (χ3n) is 3.62. The number of nitrogens with zero attached hydrogens (tertiary/aromatic N) is 1. The van der Waals surface area contributed by atoms with Gasteiger partial charge >= 0.3 is 0 Å². The monoisotopic (exact) mass is 198 g/mol. The zero-order chi connectivity index (χ0) is 9.80. The van der Waals surface area contributed by atoms with Crippen molar-refractivity contribution >= 4 is 0 Å². The highest BCUT2D eigenvalue weighted by Crippen LogP contribution is 2.28. The minimum atomic E-state index is 0.337. The second-order valence-electron chi connectivity index (χ2n) is 4.55. The third kappa shape index (κ3) is 2.27. The van der Waals surface area contributed by atoms with Crippen molar-refractivity contribution in [1.82, 2.24) is 10.2 Å². The number of aliphatic hydroxyl groups excluding tert-OH is 1. The minimum absolute atomic E-state index is 0.337. The first-order valence-electron chi connectivity index (χ1n) is 5.99. The van der Waals surface area contributed by atoms with Gasteiger partial charge in [-0.1, -0.05) is 6.42 Å². The first-order chi connectivity index (χ1) is 6.92. The van der Waals surface area contributed by atoms with Crippen LogP contribution in [0.1, 0.15) is 32.1 Å². The smallest absolute Gasteiger partial charge is 0.0443 e. The predicted molar refractivity (Wildman–Crippen MR) is 57.3 cm³/mol. The predicted octanol–water partition coefficient (Wildman–Crippen LogP) is 0.585. The Labute approximate surface area is 86.5 Å². The molecule has 2 fully saturated rings. The summed E-state index contributed by atoms with van der Waals surface area (Å²) in [5, 5.41) is 12.3. The molecule has 0 spiro atoms. The number of aliphatic hydroxyl groups is 1. The van der Waals surface area contributed by atoms with Crippen LogP contribution >= 0.6 is 0 Å². The van der Waals surface area contributed by atoms with Crippen molar-refractivity contribution in [2.75, 3.05) is 26.2 Å². The fraction of sp³-hybridized carbons (Fsp3) is 1.00. The maximum absolute atomic E-state index is 8.89. The number of nitrogens with one attached hydrogen (secondary N) is 1. The van der Waals surface area contributed by atoms with E-state index < -0.39 is 0 Å². The molecule has 1 aliphatic heterocycles. The molecular formula is C11H22N2O. The van der Waals surface area contributed by atoms with Gasteiger partial charge in [-0.25, -0.2) is 0 Å². The SMILES string of the molecule is OCCCN(C1CCC1)C1CCNC1. The van der Waals surface area contributed by atoms with Crippen molar-refractivity contribution in [2.45, 2.75) is 44.2 Å². The second-order valence-corrected chi connectivity index (χ2v) is 4.55. The van der Waals surface area contributed by atoms with Crippen molar-refractivity contribution in [3.63, 3.8) is 0 Å². The summed E-state index contributed by atoms with van der Waals surface area (Å²) in [6.07, 6.45) is 6.39. The van der Waals surface area contributed by atoms with E-state index in [0.29, 0.717) is 6.61 Å². The molecule has 2 rings (SSSR count). The van der Waals surface area contributed by atoms with Crippen molar-refractivity contribution in [1.29, 1.82) is 0 Å². The Kier molecular flexibility index (Phi) is 3.79. The maximum Gasteiger partial charge on any atom is 0.0443 e. The standard InChI is InChI=1S/C11H22N2O/c14-8-2-7-13(10-3-1-4-10)11-5-6-12-9-11/h10-12,14H,1-9H2. The van der Waals surface area contributed by atoms with E-state index in [4.69, 9.17) is 5.11 Å². The summed E-state index contributed by atoms with van der Waals surface area (Å²) in [7, 11) is 0. The summed E-state index contributed by atoms with van der Waals surface area (Å²) in [5.41, 5.74) is 0.